The summed E-state index contributed by atoms with van der Waals surface area (Å²) in [5, 5.41) is 3.19. The van der Waals surface area contributed by atoms with Gasteiger partial charge in [-0.05, 0) is 55.6 Å². The van der Waals surface area contributed by atoms with Gasteiger partial charge in [0.05, 0.1) is 7.11 Å². The smallest absolute Gasteiger partial charge is 0.125 e. The highest BCUT2D eigenvalue weighted by atomic mass is 79.9. The molecule has 0 saturated carbocycles. The molecule has 0 heterocycles. The van der Waals surface area contributed by atoms with Gasteiger partial charge in [-0.2, -0.15) is 0 Å². The van der Waals surface area contributed by atoms with Crippen molar-refractivity contribution in [2.75, 3.05) is 20.7 Å². The second kappa shape index (κ2) is 6.41. The quantitative estimate of drug-likeness (QED) is 0.896. The molecule has 1 rings (SSSR count). The van der Waals surface area contributed by atoms with Crippen molar-refractivity contribution in [1.82, 2.24) is 5.32 Å². The molecule has 3 heteroatoms. The number of benzene rings is 1. The van der Waals surface area contributed by atoms with Gasteiger partial charge in [0.15, 0.2) is 0 Å². The van der Waals surface area contributed by atoms with Crippen LogP contribution in [0.3, 0.4) is 0 Å². The second-order valence-electron chi connectivity index (χ2n) is 4.59. The molecule has 0 fully saturated rings. The topological polar surface area (TPSA) is 21.3 Å². The molecule has 0 unspecified atom stereocenters. The van der Waals surface area contributed by atoms with Gasteiger partial charge >= 0.3 is 0 Å². The lowest BCUT2D eigenvalue weighted by Gasteiger charge is -2.19. The lowest BCUT2D eigenvalue weighted by molar-refractivity contribution is 0.401. The average molecular weight is 300 g/mol. The zero-order valence-electron chi connectivity index (χ0n) is 11.4. The number of ether oxygens (including phenoxy) is 1. The summed E-state index contributed by atoms with van der Waals surface area (Å²) < 4.78 is 6.80. The number of hydrogen-bond donors (Lipinski definition) is 1. The zero-order valence-corrected chi connectivity index (χ0v) is 12.9. The predicted molar refractivity (Wildman–Crippen MR) is 77.2 cm³/mol. The maximum Gasteiger partial charge on any atom is 0.125 e. The zero-order chi connectivity index (χ0) is 13.0. The lowest BCUT2D eigenvalue weighted by Crippen LogP contribution is -2.13. The molecule has 0 atom stereocenters. The normalized spacial score (nSPS) is 11.0. The van der Waals surface area contributed by atoms with Crippen LogP contribution in [-0.2, 0) is 6.42 Å². The average Bonchev–Trinajstić information content (AvgIpc) is 2.30. The van der Waals surface area contributed by atoms with E-state index >= 15 is 0 Å². The van der Waals surface area contributed by atoms with Crippen LogP contribution in [0.1, 0.15) is 36.5 Å². The van der Waals surface area contributed by atoms with E-state index in [1.54, 1.807) is 7.11 Å². The standard InChI is InChI=1S/C14H22BrNO/c1-9(2)12-8-13(15)10(3)11(6-7-16-4)14(12)17-5/h8-9,16H,6-7H2,1-5H3. The fourth-order valence-electron chi connectivity index (χ4n) is 2.02. The Bertz CT molecular complexity index is 388. The molecule has 0 aliphatic heterocycles. The minimum Gasteiger partial charge on any atom is -0.496 e. The minimum atomic E-state index is 0.468. The largest absolute Gasteiger partial charge is 0.496 e. The van der Waals surface area contributed by atoms with E-state index in [1.165, 1.54) is 21.2 Å². The van der Waals surface area contributed by atoms with Crippen LogP contribution in [0.25, 0.3) is 0 Å². The highest BCUT2D eigenvalue weighted by molar-refractivity contribution is 9.10. The fourth-order valence-corrected chi connectivity index (χ4v) is 2.51. The number of methoxy groups -OCH3 is 1. The molecule has 0 radical (unpaired) electrons. The van der Waals surface area contributed by atoms with E-state index in [-0.39, 0.29) is 0 Å². The number of nitrogens with one attached hydrogen (secondary N) is 1. The first-order chi connectivity index (χ1) is 8.02. The van der Waals surface area contributed by atoms with Gasteiger partial charge in [0.2, 0.25) is 0 Å². The third-order valence-electron chi connectivity index (χ3n) is 3.08. The minimum absolute atomic E-state index is 0.468. The summed E-state index contributed by atoms with van der Waals surface area (Å²) in [6.07, 6.45) is 0.991. The highest BCUT2D eigenvalue weighted by Crippen LogP contribution is 2.36. The van der Waals surface area contributed by atoms with Gasteiger partial charge in [-0.1, -0.05) is 29.8 Å². The molecule has 17 heavy (non-hydrogen) atoms. The predicted octanol–water partition coefficient (Wildman–Crippen LogP) is 3.65. The molecule has 0 saturated heterocycles. The van der Waals surface area contributed by atoms with Crippen LogP contribution in [0.15, 0.2) is 10.5 Å². The molecular weight excluding hydrogens is 278 g/mol. The van der Waals surface area contributed by atoms with Crippen LogP contribution in [0.5, 0.6) is 5.75 Å². The van der Waals surface area contributed by atoms with Crippen molar-refractivity contribution in [3.8, 4) is 5.75 Å². The summed E-state index contributed by atoms with van der Waals surface area (Å²) in [7, 11) is 3.74. The van der Waals surface area contributed by atoms with Crippen molar-refractivity contribution >= 4 is 15.9 Å². The van der Waals surface area contributed by atoms with Gasteiger partial charge in [0.1, 0.15) is 5.75 Å². The Morgan fingerprint density at radius 2 is 2.06 bits per heavy atom. The Balaban J connectivity index is 3.31. The van der Waals surface area contributed by atoms with Gasteiger partial charge in [-0.25, -0.2) is 0 Å². The Hall–Kier alpha value is -0.540. The summed E-state index contributed by atoms with van der Waals surface area (Å²) in [4.78, 5) is 0. The first-order valence-electron chi connectivity index (χ1n) is 6.03. The van der Waals surface area contributed by atoms with Gasteiger partial charge in [-0.3, -0.25) is 0 Å². The molecule has 0 bridgehead atoms. The summed E-state index contributed by atoms with van der Waals surface area (Å²) in [5.74, 6) is 1.52. The van der Waals surface area contributed by atoms with Crippen molar-refractivity contribution in [2.45, 2.75) is 33.1 Å². The third-order valence-corrected chi connectivity index (χ3v) is 3.90. The van der Waals surface area contributed by atoms with E-state index < -0.39 is 0 Å². The fraction of sp³-hybridized carbons (Fsp3) is 0.571. The molecule has 0 aliphatic rings. The molecule has 1 N–H and O–H groups in total. The Morgan fingerprint density at radius 3 is 2.53 bits per heavy atom. The molecule has 1 aromatic carbocycles. The van der Waals surface area contributed by atoms with Crippen molar-refractivity contribution < 1.29 is 4.74 Å². The summed E-state index contributed by atoms with van der Waals surface area (Å²) >= 11 is 3.64. The van der Waals surface area contributed by atoms with Crippen LogP contribution in [0, 0.1) is 6.92 Å². The van der Waals surface area contributed by atoms with E-state index in [0.29, 0.717) is 5.92 Å². The first kappa shape index (κ1) is 14.5. The summed E-state index contributed by atoms with van der Waals surface area (Å²) in [5.41, 5.74) is 3.86. The maximum absolute atomic E-state index is 5.62. The third kappa shape index (κ3) is 3.23. The molecule has 0 amide bonds. The molecule has 0 aliphatic carbocycles. The van der Waals surface area contributed by atoms with Crippen LogP contribution in [-0.4, -0.2) is 20.7 Å². The molecule has 2 nitrogen and oxygen atoms in total. The van der Waals surface area contributed by atoms with Gasteiger partial charge < -0.3 is 10.1 Å². The molecule has 1 aromatic rings. The number of likely N-dealkylation sites (N-methyl/N-ethyl adjacent to an activating group) is 1. The van der Waals surface area contributed by atoms with E-state index in [4.69, 9.17) is 4.74 Å². The van der Waals surface area contributed by atoms with Crippen LogP contribution in [0.2, 0.25) is 0 Å². The lowest BCUT2D eigenvalue weighted by atomic mass is 9.94. The summed E-state index contributed by atoms with van der Waals surface area (Å²) in [6.45, 7) is 7.50. The Labute approximate surface area is 113 Å². The van der Waals surface area contributed by atoms with Crippen molar-refractivity contribution in [3.05, 3.63) is 27.2 Å². The van der Waals surface area contributed by atoms with Crippen LogP contribution >= 0.6 is 15.9 Å². The highest BCUT2D eigenvalue weighted by Gasteiger charge is 2.16. The maximum atomic E-state index is 5.62. The van der Waals surface area contributed by atoms with Crippen molar-refractivity contribution in [1.29, 1.82) is 0 Å². The van der Waals surface area contributed by atoms with E-state index in [1.807, 2.05) is 7.05 Å². The molecule has 96 valence electrons. The van der Waals surface area contributed by atoms with E-state index in [2.05, 4.69) is 48.1 Å². The monoisotopic (exact) mass is 299 g/mol. The first-order valence-corrected chi connectivity index (χ1v) is 6.82. The molecule has 0 spiro atoms. The number of hydrogen-bond acceptors (Lipinski definition) is 2. The van der Waals surface area contributed by atoms with Gasteiger partial charge in [0.25, 0.3) is 0 Å². The van der Waals surface area contributed by atoms with E-state index in [9.17, 15) is 0 Å². The van der Waals surface area contributed by atoms with Gasteiger partial charge in [-0.15, -0.1) is 0 Å². The SMILES string of the molecule is CNCCc1c(C)c(Br)cc(C(C)C)c1OC. The Kier molecular flexibility index (Phi) is 5.47. The van der Waals surface area contributed by atoms with Crippen LogP contribution < -0.4 is 10.1 Å². The number of halogens is 1. The Morgan fingerprint density at radius 1 is 1.41 bits per heavy atom. The van der Waals surface area contributed by atoms with Crippen molar-refractivity contribution in [2.24, 2.45) is 0 Å². The molecular formula is C14H22BrNO. The second-order valence-corrected chi connectivity index (χ2v) is 5.45. The van der Waals surface area contributed by atoms with E-state index in [0.717, 1.165) is 18.7 Å². The van der Waals surface area contributed by atoms with Crippen molar-refractivity contribution in [3.63, 3.8) is 0 Å². The van der Waals surface area contributed by atoms with Crippen LogP contribution in [0.4, 0.5) is 0 Å². The molecule has 0 aromatic heterocycles. The van der Waals surface area contributed by atoms with Gasteiger partial charge in [0, 0.05) is 4.47 Å². The summed E-state index contributed by atoms with van der Waals surface area (Å²) in [6, 6.07) is 2.18. The number of rotatable bonds is 5.